The third kappa shape index (κ3) is 3.48. The molecule has 0 unspecified atom stereocenters. The third-order valence-electron chi connectivity index (χ3n) is 2.75. The van der Waals surface area contributed by atoms with Crippen molar-refractivity contribution < 1.29 is 4.79 Å². The molecule has 1 aromatic carbocycles. The summed E-state index contributed by atoms with van der Waals surface area (Å²) in [6.45, 7) is 5.13. The van der Waals surface area contributed by atoms with Crippen molar-refractivity contribution in [2.45, 2.75) is 20.4 Å². The van der Waals surface area contributed by atoms with Crippen molar-refractivity contribution in [2.24, 2.45) is 0 Å². The molecule has 2 aromatic rings. The van der Waals surface area contributed by atoms with Crippen LogP contribution in [0.2, 0.25) is 0 Å². The molecule has 20 heavy (non-hydrogen) atoms. The molecule has 0 saturated heterocycles. The second-order valence-corrected chi connectivity index (χ2v) is 5.70. The molecule has 106 valence electrons. The summed E-state index contributed by atoms with van der Waals surface area (Å²) < 4.78 is 0. The number of nitrogen functional groups attached to an aromatic ring is 1. The number of rotatable bonds is 5. The molecule has 0 aliphatic rings. The Morgan fingerprint density at radius 2 is 2.25 bits per heavy atom. The molecule has 2 rings (SSSR count). The van der Waals surface area contributed by atoms with Crippen molar-refractivity contribution >= 4 is 28.6 Å². The van der Waals surface area contributed by atoms with E-state index in [1.54, 1.807) is 23.5 Å². The number of thiazole rings is 1. The number of carbonyl (C=O) groups is 1. The Bertz CT molecular complexity index is 609. The summed E-state index contributed by atoms with van der Waals surface area (Å²) in [6, 6.07) is 5.26. The van der Waals surface area contributed by atoms with Gasteiger partial charge in [-0.15, -0.1) is 11.3 Å². The molecule has 0 fully saturated rings. The van der Waals surface area contributed by atoms with Gasteiger partial charge in [0.1, 0.15) is 5.01 Å². The van der Waals surface area contributed by atoms with Crippen LogP contribution in [-0.2, 0) is 6.54 Å². The van der Waals surface area contributed by atoms with Crippen LogP contribution in [0.25, 0.3) is 0 Å². The third-order valence-corrected chi connectivity index (χ3v) is 3.66. The van der Waals surface area contributed by atoms with Crippen molar-refractivity contribution in [1.82, 2.24) is 10.3 Å². The molecule has 4 N–H and O–H groups in total. The van der Waals surface area contributed by atoms with Crippen molar-refractivity contribution in [3.8, 4) is 0 Å². The molecule has 1 amide bonds. The summed E-state index contributed by atoms with van der Waals surface area (Å²) in [6.07, 6.45) is 1.85. The Labute approximate surface area is 122 Å². The number of benzene rings is 1. The fraction of sp³-hybridized carbons (Fsp3) is 0.286. The first-order valence-corrected chi connectivity index (χ1v) is 7.24. The topological polar surface area (TPSA) is 80.0 Å². The highest BCUT2D eigenvalue weighted by atomic mass is 32.1. The van der Waals surface area contributed by atoms with E-state index in [-0.39, 0.29) is 5.91 Å². The van der Waals surface area contributed by atoms with E-state index in [0.29, 0.717) is 24.3 Å². The molecule has 6 heteroatoms. The molecule has 0 bridgehead atoms. The summed E-state index contributed by atoms with van der Waals surface area (Å²) in [5.74, 6) is -0.110. The summed E-state index contributed by atoms with van der Waals surface area (Å²) in [5.41, 5.74) is 7.90. The van der Waals surface area contributed by atoms with Gasteiger partial charge in [0, 0.05) is 23.2 Å². The van der Waals surface area contributed by atoms with E-state index in [4.69, 9.17) is 5.73 Å². The van der Waals surface area contributed by atoms with E-state index >= 15 is 0 Å². The molecule has 0 radical (unpaired) electrons. The smallest absolute Gasteiger partial charge is 0.251 e. The lowest BCUT2D eigenvalue weighted by molar-refractivity contribution is 0.0956. The van der Waals surface area contributed by atoms with E-state index in [1.165, 1.54) is 4.88 Å². The molecular formula is C14H18N4OS. The highest BCUT2D eigenvalue weighted by molar-refractivity contribution is 7.11. The van der Waals surface area contributed by atoms with Crippen LogP contribution in [0.1, 0.15) is 27.2 Å². The van der Waals surface area contributed by atoms with Crippen LogP contribution in [0.15, 0.2) is 24.4 Å². The lowest BCUT2D eigenvalue weighted by Crippen LogP contribution is -2.22. The highest BCUT2D eigenvalue weighted by Gasteiger charge is 2.07. The molecule has 1 heterocycles. The predicted octanol–water partition coefficient (Wildman–Crippen LogP) is 2.40. The van der Waals surface area contributed by atoms with E-state index in [9.17, 15) is 4.79 Å². The van der Waals surface area contributed by atoms with Crippen molar-refractivity contribution in [3.63, 3.8) is 0 Å². The minimum Gasteiger partial charge on any atom is -0.397 e. The van der Waals surface area contributed by atoms with Crippen molar-refractivity contribution in [2.75, 3.05) is 17.6 Å². The van der Waals surface area contributed by atoms with Crippen LogP contribution < -0.4 is 16.4 Å². The maximum absolute atomic E-state index is 11.7. The number of nitrogens with zero attached hydrogens (tertiary/aromatic N) is 1. The van der Waals surface area contributed by atoms with Gasteiger partial charge in [-0.3, -0.25) is 4.79 Å². The van der Waals surface area contributed by atoms with Gasteiger partial charge in [-0.05, 0) is 32.0 Å². The molecule has 1 aromatic heterocycles. The van der Waals surface area contributed by atoms with Crippen LogP contribution in [0.3, 0.4) is 0 Å². The normalized spacial score (nSPS) is 10.3. The average molecular weight is 290 g/mol. The van der Waals surface area contributed by atoms with Gasteiger partial charge >= 0.3 is 0 Å². The highest BCUT2D eigenvalue weighted by Crippen LogP contribution is 2.21. The Balaban J connectivity index is 2.04. The number of aryl methyl sites for hydroxylation is 1. The number of carbonyl (C=O) groups excluding carboxylic acids is 1. The summed E-state index contributed by atoms with van der Waals surface area (Å²) in [4.78, 5) is 17.2. The first-order valence-electron chi connectivity index (χ1n) is 6.43. The second kappa shape index (κ2) is 6.38. The number of nitrogens with two attached hydrogens (primary N) is 1. The molecule has 0 aliphatic carbocycles. The first-order chi connectivity index (χ1) is 9.60. The fourth-order valence-corrected chi connectivity index (χ4v) is 2.51. The lowest BCUT2D eigenvalue weighted by Gasteiger charge is -2.10. The zero-order valence-electron chi connectivity index (χ0n) is 11.6. The van der Waals surface area contributed by atoms with E-state index in [2.05, 4.69) is 15.6 Å². The summed E-state index contributed by atoms with van der Waals surface area (Å²) in [7, 11) is 0. The van der Waals surface area contributed by atoms with Crippen molar-refractivity contribution in [3.05, 3.63) is 39.8 Å². The number of anilines is 2. The Morgan fingerprint density at radius 3 is 2.85 bits per heavy atom. The van der Waals surface area contributed by atoms with Crippen LogP contribution in [0.4, 0.5) is 11.4 Å². The predicted molar refractivity (Wildman–Crippen MR) is 83.0 cm³/mol. The van der Waals surface area contributed by atoms with E-state index in [1.807, 2.05) is 26.1 Å². The maximum atomic E-state index is 11.7. The Kier molecular flexibility index (Phi) is 4.57. The number of aromatic nitrogens is 1. The minimum atomic E-state index is -0.110. The molecule has 0 spiro atoms. The van der Waals surface area contributed by atoms with E-state index < -0.39 is 0 Å². The van der Waals surface area contributed by atoms with Gasteiger partial charge in [0.2, 0.25) is 0 Å². The van der Waals surface area contributed by atoms with Crippen molar-refractivity contribution in [1.29, 1.82) is 0 Å². The zero-order chi connectivity index (χ0) is 14.5. The number of hydrogen-bond donors (Lipinski definition) is 3. The van der Waals surface area contributed by atoms with Gasteiger partial charge in [0.25, 0.3) is 5.91 Å². The fourth-order valence-electron chi connectivity index (χ4n) is 1.78. The number of nitrogens with one attached hydrogen (secondary N) is 2. The number of amides is 1. The van der Waals surface area contributed by atoms with Crippen LogP contribution in [0, 0.1) is 6.92 Å². The minimum absolute atomic E-state index is 0.110. The Morgan fingerprint density at radius 1 is 1.45 bits per heavy atom. The average Bonchev–Trinajstić information content (AvgIpc) is 2.83. The first kappa shape index (κ1) is 14.3. The molecule has 0 saturated carbocycles. The van der Waals surface area contributed by atoms with Crippen LogP contribution in [0.5, 0.6) is 0 Å². The van der Waals surface area contributed by atoms with Crippen LogP contribution >= 0.6 is 11.3 Å². The van der Waals surface area contributed by atoms with Gasteiger partial charge in [0.05, 0.1) is 17.9 Å². The van der Waals surface area contributed by atoms with Gasteiger partial charge in [0.15, 0.2) is 0 Å². The van der Waals surface area contributed by atoms with Gasteiger partial charge in [-0.25, -0.2) is 4.98 Å². The summed E-state index contributed by atoms with van der Waals surface area (Å²) >= 11 is 1.65. The standard InChI is InChI=1S/C14H18N4OS/c1-3-16-14(19)10-4-5-12(11(15)6-10)17-8-13-18-7-9(2)20-13/h4-7,17H,3,8,15H2,1-2H3,(H,16,19). The van der Waals surface area contributed by atoms with Crippen LogP contribution in [-0.4, -0.2) is 17.4 Å². The molecule has 5 nitrogen and oxygen atoms in total. The SMILES string of the molecule is CCNC(=O)c1ccc(NCc2ncc(C)s2)c(N)c1. The molecular weight excluding hydrogens is 272 g/mol. The number of hydrogen-bond acceptors (Lipinski definition) is 5. The second-order valence-electron chi connectivity index (χ2n) is 4.38. The summed E-state index contributed by atoms with van der Waals surface area (Å²) in [5, 5.41) is 6.99. The van der Waals surface area contributed by atoms with Gasteiger partial charge in [-0.1, -0.05) is 0 Å². The monoisotopic (exact) mass is 290 g/mol. The van der Waals surface area contributed by atoms with Gasteiger partial charge < -0.3 is 16.4 Å². The van der Waals surface area contributed by atoms with Gasteiger partial charge in [-0.2, -0.15) is 0 Å². The molecule has 0 atom stereocenters. The Hall–Kier alpha value is -2.08. The van der Waals surface area contributed by atoms with E-state index in [0.717, 1.165) is 10.7 Å². The quantitative estimate of drug-likeness (QED) is 0.739. The largest absolute Gasteiger partial charge is 0.397 e. The maximum Gasteiger partial charge on any atom is 0.251 e. The zero-order valence-corrected chi connectivity index (χ0v) is 12.4. The lowest BCUT2D eigenvalue weighted by atomic mass is 10.1. The molecule has 0 aliphatic heterocycles.